The first-order chi connectivity index (χ1) is 18.0. The number of fused-ring (bicyclic) bond motifs is 1. The van der Waals surface area contributed by atoms with E-state index >= 15 is 0 Å². The van der Waals surface area contributed by atoms with Crippen molar-refractivity contribution < 1.29 is 27.6 Å². The number of benzene rings is 4. The lowest BCUT2D eigenvalue weighted by molar-refractivity contribution is 0.102. The number of carbonyl (C=O) groups excluding carboxylic acids is 1. The number of rotatable bonds is 7. The molecule has 0 aliphatic heterocycles. The summed E-state index contributed by atoms with van der Waals surface area (Å²) < 4.78 is 38.8. The van der Waals surface area contributed by atoms with Crippen LogP contribution in [0, 0.1) is 0 Å². The van der Waals surface area contributed by atoms with Crippen LogP contribution in [0.3, 0.4) is 0 Å². The van der Waals surface area contributed by atoms with Gasteiger partial charge in [0.2, 0.25) is 0 Å². The molecule has 0 spiro atoms. The van der Waals surface area contributed by atoms with Crippen molar-refractivity contribution in [1.29, 1.82) is 0 Å². The highest BCUT2D eigenvalue weighted by atomic mass is 35.5. The maximum Gasteiger partial charge on any atom is 0.296 e. The third-order valence-electron chi connectivity index (χ3n) is 5.72. The molecular formula is C26H21Cl2N3O6S. The number of carbonyl (C=O) groups is 1. The first-order valence-corrected chi connectivity index (χ1v) is 13.3. The van der Waals surface area contributed by atoms with Crippen molar-refractivity contribution >= 4 is 67.1 Å². The summed E-state index contributed by atoms with van der Waals surface area (Å²) in [7, 11) is -3.25. The van der Waals surface area contributed by atoms with Gasteiger partial charge in [-0.1, -0.05) is 60.5 Å². The summed E-state index contributed by atoms with van der Waals surface area (Å²) in [5.41, 5.74) is 0.439. The lowest BCUT2D eigenvalue weighted by Gasteiger charge is -2.13. The SMILES string of the molecule is CCc1cc(N=Nc2c(O)c(C(=O)Nc3cccc(OC)c3Cl)cc3ccccc23)c(S(=O)(=O)O)cc1Cl. The largest absolute Gasteiger partial charge is 0.505 e. The lowest BCUT2D eigenvalue weighted by atomic mass is 10.0. The van der Waals surface area contributed by atoms with Gasteiger partial charge in [0.1, 0.15) is 27.0 Å². The summed E-state index contributed by atoms with van der Waals surface area (Å²) in [5, 5.41) is 23.2. The Hall–Kier alpha value is -3.70. The Kier molecular flexibility index (Phi) is 7.89. The average molecular weight is 574 g/mol. The van der Waals surface area contributed by atoms with E-state index in [1.54, 1.807) is 42.5 Å². The van der Waals surface area contributed by atoms with Crippen LogP contribution in [0.25, 0.3) is 10.8 Å². The summed E-state index contributed by atoms with van der Waals surface area (Å²) in [6.07, 6.45) is 0.462. The highest BCUT2D eigenvalue weighted by Gasteiger charge is 2.22. The number of nitrogens with zero attached hydrogens (tertiary/aromatic N) is 2. The second kappa shape index (κ2) is 11.0. The fourth-order valence-electron chi connectivity index (χ4n) is 3.79. The first kappa shape index (κ1) is 27.3. The van der Waals surface area contributed by atoms with Crippen LogP contribution in [0.2, 0.25) is 10.0 Å². The molecule has 4 rings (SSSR count). The number of azo groups is 1. The Labute approximate surface area is 228 Å². The van der Waals surface area contributed by atoms with Gasteiger partial charge in [0.25, 0.3) is 16.0 Å². The van der Waals surface area contributed by atoms with Crippen molar-refractivity contribution in [1.82, 2.24) is 0 Å². The molecule has 0 aliphatic carbocycles. The van der Waals surface area contributed by atoms with Crippen LogP contribution in [0.4, 0.5) is 17.1 Å². The van der Waals surface area contributed by atoms with E-state index in [1.165, 1.54) is 19.2 Å². The van der Waals surface area contributed by atoms with Crippen molar-refractivity contribution in [3.05, 3.63) is 81.8 Å². The van der Waals surface area contributed by atoms with Gasteiger partial charge in [-0.05, 0) is 47.7 Å². The molecule has 0 bridgehead atoms. The van der Waals surface area contributed by atoms with E-state index < -0.39 is 26.7 Å². The van der Waals surface area contributed by atoms with Gasteiger partial charge in [0, 0.05) is 10.4 Å². The summed E-state index contributed by atoms with van der Waals surface area (Å²) in [6.45, 7) is 1.81. The van der Waals surface area contributed by atoms with Gasteiger partial charge in [-0.2, -0.15) is 8.42 Å². The average Bonchev–Trinajstić information content (AvgIpc) is 2.88. The standard InChI is InChI=1S/C26H21Cl2N3O6S/c1-3-14-12-20(22(13-18(14)27)38(34,35)36)30-31-24-16-8-5-4-7-15(16)11-17(25(24)32)26(33)29-19-9-6-10-21(37-2)23(19)28/h4-13,32H,3H2,1-2H3,(H,29,33)(H,34,35,36). The third kappa shape index (κ3) is 5.44. The summed E-state index contributed by atoms with van der Waals surface area (Å²) in [6, 6.07) is 15.6. The van der Waals surface area contributed by atoms with Crippen molar-refractivity contribution in [3.8, 4) is 11.5 Å². The van der Waals surface area contributed by atoms with E-state index in [9.17, 15) is 22.9 Å². The number of ether oxygens (including phenoxy) is 1. The number of halogens is 2. The van der Waals surface area contributed by atoms with E-state index in [-0.39, 0.29) is 32.7 Å². The molecule has 0 fully saturated rings. The van der Waals surface area contributed by atoms with Crippen molar-refractivity contribution in [3.63, 3.8) is 0 Å². The zero-order valence-corrected chi connectivity index (χ0v) is 22.4. The predicted octanol–water partition coefficient (Wildman–Crippen LogP) is 7.34. The van der Waals surface area contributed by atoms with E-state index in [4.69, 9.17) is 27.9 Å². The van der Waals surface area contributed by atoms with Crippen LogP contribution in [-0.4, -0.2) is 31.1 Å². The molecule has 4 aromatic rings. The molecule has 0 radical (unpaired) electrons. The zero-order valence-electron chi connectivity index (χ0n) is 20.1. The lowest BCUT2D eigenvalue weighted by Crippen LogP contribution is -2.12. The van der Waals surface area contributed by atoms with Crippen LogP contribution in [0.1, 0.15) is 22.8 Å². The number of methoxy groups -OCH3 is 1. The number of aromatic hydroxyl groups is 1. The molecule has 0 aliphatic rings. The van der Waals surface area contributed by atoms with Gasteiger partial charge < -0.3 is 15.2 Å². The molecule has 196 valence electrons. The van der Waals surface area contributed by atoms with Crippen molar-refractivity contribution in [2.45, 2.75) is 18.2 Å². The second-order valence-electron chi connectivity index (χ2n) is 8.06. The normalized spacial score (nSPS) is 11.7. The minimum atomic E-state index is -4.69. The molecule has 12 heteroatoms. The van der Waals surface area contributed by atoms with Crippen molar-refractivity contribution in [2.24, 2.45) is 10.2 Å². The minimum absolute atomic E-state index is 0.0840. The van der Waals surface area contributed by atoms with E-state index in [0.717, 1.165) is 6.07 Å². The number of phenols is 1. The van der Waals surface area contributed by atoms with Gasteiger partial charge in [-0.3, -0.25) is 9.35 Å². The van der Waals surface area contributed by atoms with Crippen molar-refractivity contribution in [2.75, 3.05) is 12.4 Å². The Bertz CT molecular complexity index is 1710. The second-order valence-corrected chi connectivity index (χ2v) is 10.2. The molecule has 1 amide bonds. The quantitative estimate of drug-likeness (QED) is 0.156. The maximum absolute atomic E-state index is 13.2. The van der Waals surface area contributed by atoms with Crippen LogP contribution in [0.15, 0.2) is 75.8 Å². The Morgan fingerprint density at radius 2 is 1.79 bits per heavy atom. The summed E-state index contributed by atoms with van der Waals surface area (Å²) in [4.78, 5) is 12.6. The fourth-order valence-corrected chi connectivity index (χ4v) is 5.04. The Morgan fingerprint density at radius 1 is 1.05 bits per heavy atom. The zero-order chi connectivity index (χ0) is 27.6. The highest BCUT2D eigenvalue weighted by molar-refractivity contribution is 7.86. The molecule has 0 unspecified atom stereocenters. The topological polar surface area (TPSA) is 138 Å². The van der Waals surface area contributed by atoms with E-state index in [1.807, 2.05) is 6.92 Å². The molecule has 0 heterocycles. The number of amides is 1. The van der Waals surface area contributed by atoms with Crippen LogP contribution in [0.5, 0.6) is 11.5 Å². The predicted molar refractivity (Wildman–Crippen MR) is 146 cm³/mol. The molecule has 38 heavy (non-hydrogen) atoms. The van der Waals surface area contributed by atoms with Gasteiger partial charge >= 0.3 is 0 Å². The number of hydrogen-bond acceptors (Lipinski definition) is 7. The smallest absolute Gasteiger partial charge is 0.296 e. The van der Waals surface area contributed by atoms with Crippen LogP contribution in [-0.2, 0) is 16.5 Å². The fraction of sp³-hybridized carbons (Fsp3) is 0.115. The van der Waals surface area contributed by atoms with E-state index in [0.29, 0.717) is 28.5 Å². The third-order valence-corrected chi connectivity index (χ3v) is 7.34. The Balaban J connectivity index is 1.85. The molecule has 4 aromatic carbocycles. The summed E-state index contributed by atoms with van der Waals surface area (Å²) >= 11 is 12.4. The number of aryl methyl sites for hydroxylation is 1. The number of anilines is 1. The molecule has 0 atom stereocenters. The summed E-state index contributed by atoms with van der Waals surface area (Å²) in [5.74, 6) is -0.828. The monoisotopic (exact) mass is 573 g/mol. The minimum Gasteiger partial charge on any atom is -0.505 e. The van der Waals surface area contributed by atoms with Gasteiger partial charge in [-0.25, -0.2) is 0 Å². The van der Waals surface area contributed by atoms with Gasteiger partial charge in [0.05, 0.1) is 18.4 Å². The number of hydrogen-bond donors (Lipinski definition) is 3. The van der Waals surface area contributed by atoms with Crippen LogP contribution >= 0.6 is 23.2 Å². The molecule has 0 saturated heterocycles. The molecule has 9 nitrogen and oxygen atoms in total. The first-order valence-electron chi connectivity index (χ1n) is 11.1. The van der Waals surface area contributed by atoms with Crippen LogP contribution < -0.4 is 10.1 Å². The van der Waals surface area contributed by atoms with Gasteiger partial charge in [-0.15, -0.1) is 10.2 Å². The number of phenolic OH excluding ortho intramolecular Hbond substituents is 1. The van der Waals surface area contributed by atoms with E-state index in [2.05, 4.69) is 15.5 Å². The van der Waals surface area contributed by atoms with Gasteiger partial charge in [0.15, 0.2) is 5.75 Å². The molecular weight excluding hydrogens is 553 g/mol. The highest BCUT2D eigenvalue weighted by Crippen LogP contribution is 2.41. The number of nitrogens with one attached hydrogen (secondary N) is 1. The molecule has 0 aromatic heterocycles. The maximum atomic E-state index is 13.2. The Morgan fingerprint density at radius 3 is 2.47 bits per heavy atom. The molecule has 3 N–H and O–H groups in total. The molecule has 0 saturated carbocycles.